The van der Waals surface area contributed by atoms with Crippen LogP contribution >= 0.6 is 0 Å². The van der Waals surface area contributed by atoms with E-state index in [-0.39, 0.29) is 11.5 Å². The molecule has 1 nitrogen and oxygen atoms in total. The lowest BCUT2D eigenvalue weighted by atomic mass is 9.32. The highest BCUT2D eigenvalue weighted by atomic mass is 16.3. The molecule has 5 rings (SSSR count). The number of aliphatic hydroxyl groups excluding tert-OH is 1. The molecule has 0 aromatic heterocycles. The third-order valence-corrected chi connectivity index (χ3v) is 13.5. The molecule has 0 spiro atoms. The Kier molecular flexibility index (Phi) is 4.82. The summed E-state index contributed by atoms with van der Waals surface area (Å²) >= 11 is 0. The van der Waals surface area contributed by atoms with Gasteiger partial charge in [-0.2, -0.15) is 0 Å². The maximum atomic E-state index is 10.9. The molecule has 1 N–H and O–H groups in total. The predicted octanol–water partition coefficient (Wildman–Crippen LogP) is 8.02. The summed E-state index contributed by atoms with van der Waals surface area (Å²) in [6.07, 6.45) is 13.4. The van der Waals surface area contributed by atoms with Gasteiger partial charge in [0.1, 0.15) is 0 Å². The molecule has 5 aliphatic carbocycles. The van der Waals surface area contributed by atoms with Crippen molar-refractivity contribution in [3.63, 3.8) is 0 Å². The zero-order valence-electron chi connectivity index (χ0n) is 21.7. The summed E-state index contributed by atoms with van der Waals surface area (Å²) in [5.41, 5.74) is 3.38. The fraction of sp³-hybridized carbons (Fsp3) is 0.933. The van der Waals surface area contributed by atoms with Gasteiger partial charge in [-0.3, -0.25) is 0 Å². The molecule has 0 radical (unpaired) electrons. The van der Waals surface area contributed by atoms with E-state index in [0.29, 0.717) is 27.6 Å². The summed E-state index contributed by atoms with van der Waals surface area (Å²) in [7, 11) is 0. The van der Waals surface area contributed by atoms with Gasteiger partial charge in [0, 0.05) is 0 Å². The quantitative estimate of drug-likeness (QED) is 0.421. The Hall–Kier alpha value is -0.300. The second-order valence-electron chi connectivity index (χ2n) is 14.7. The Morgan fingerprint density at radius 2 is 1.45 bits per heavy atom. The van der Waals surface area contributed by atoms with E-state index in [2.05, 4.69) is 55.0 Å². The van der Waals surface area contributed by atoms with E-state index < -0.39 is 0 Å². The van der Waals surface area contributed by atoms with Gasteiger partial charge < -0.3 is 5.11 Å². The molecule has 0 saturated heterocycles. The van der Waals surface area contributed by atoms with Crippen molar-refractivity contribution in [2.45, 2.75) is 119 Å². The van der Waals surface area contributed by atoms with Gasteiger partial charge in [-0.15, -0.1) is 0 Å². The smallest absolute Gasteiger partial charge is 0.0594 e. The molecule has 5 fully saturated rings. The van der Waals surface area contributed by atoms with Crippen LogP contribution in [0.25, 0.3) is 0 Å². The summed E-state index contributed by atoms with van der Waals surface area (Å²) in [5, 5.41) is 10.9. The molecule has 0 aliphatic heterocycles. The number of hydrogen-bond acceptors (Lipinski definition) is 1. The summed E-state index contributed by atoms with van der Waals surface area (Å²) in [5.74, 6) is 3.98. The van der Waals surface area contributed by atoms with Crippen LogP contribution in [0.5, 0.6) is 0 Å². The van der Waals surface area contributed by atoms with E-state index in [4.69, 9.17) is 0 Å². The lowest BCUT2D eigenvalue weighted by Gasteiger charge is -2.73. The minimum Gasteiger partial charge on any atom is -0.393 e. The number of fused-ring (bicyclic) bond motifs is 7. The molecule has 0 aromatic rings. The molecule has 0 unspecified atom stereocenters. The first-order chi connectivity index (χ1) is 14.3. The summed E-state index contributed by atoms with van der Waals surface area (Å²) in [6.45, 7) is 22.3. The summed E-state index contributed by atoms with van der Waals surface area (Å²) < 4.78 is 0. The van der Waals surface area contributed by atoms with Crippen LogP contribution in [-0.2, 0) is 0 Å². The molecule has 31 heavy (non-hydrogen) atoms. The standard InChI is InChI=1S/C30H50O/c1-19(2)20-11-14-27(5)17-18-29(7)21(25(20)27)9-10-23-28(6)15-13-24(31)26(3,4)22(28)12-16-30(23,29)8/h20-25,31H,1,9-18H2,2-8H3/t20-,21-,22+,23+,24+,25+,27+,28-,29+,30+/m0/s1. The van der Waals surface area contributed by atoms with Crippen LogP contribution in [0.1, 0.15) is 113 Å². The third-order valence-electron chi connectivity index (χ3n) is 13.5. The third kappa shape index (κ3) is 2.65. The van der Waals surface area contributed by atoms with Crippen LogP contribution < -0.4 is 0 Å². The van der Waals surface area contributed by atoms with Crippen molar-refractivity contribution in [2.75, 3.05) is 0 Å². The van der Waals surface area contributed by atoms with Crippen molar-refractivity contribution < 1.29 is 5.11 Å². The van der Waals surface area contributed by atoms with E-state index >= 15 is 0 Å². The van der Waals surface area contributed by atoms with Gasteiger partial charge in [-0.25, -0.2) is 0 Å². The molecule has 176 valence electrons. The molecule has 1 heteroatoms. The molecule has 5 aliphatic rings. The Bertz CT molecular complexity index is 766. The zero-order valence-corrected chi connectivity index (χ0v) is 21.7. The topological polar surface area (TPSA) is 20.2 Å². The van der Waals surface area contributed by atoms with Crippen molar-refractivity contribution in [3.05, 3.63) is 12.2 Å². The lowest BCUT2D eigenvalue weighted by molar-refractivity contribution is -0.246. The zero-order chi connectivity index (χ0) is 22.6. The van der Waals surface area contributed by atoms with Gasteiger partial charge in [0.05, 0.1) is 6.10 Å². The van der Waals surface area contributed by atoms with Crippen molar-refractivity contribution in [1.82, 2.24) is 0 Å². The van der Waals surface area contributed by atoms with E-state index in [0.717, 1.165) is 30.1 Å². The number of rotatable bonds is 1. The molecule has 10 atom stereocenters. The first kappa shape index (κ1) is 22.5. The average Bonchev–Trinajstić information content (AvgIpc) is 3.04. The van der Waals surface area contributed by atoms with E-state index in [1.807, 2.05) is 0 Å². The first-order valence-corrected chi connectivity index (χ1v) is 13.6. The fourth-order valence-electron chi connectivity index (χ4n) is 11.5. The van der Waals surface area contributed by atoms with Crippen LogP contribution in [0, 0.1) is 56.7 Å². The highest BCUT2D eigenvalue weighted by Gasteiger charge is 2.70. The maximum Gasteiger partial charge on any atom is 0.0594 e. The van der Waals surface area contributed by atoms with E-state index in [1.54, 1.807) is 0 Å². The monoisotopic (exact) mass is 426 g/mol. The molecule has 0 heterocycles. The highest BCUT2D eigenvalue weighted by Crippen LogP contribution is 2.77. The van der Waals surface area contributed by atoms with Gasteiger partial charge in [0.25, 0.3) is 0 Å². The van der Waals surface area contributed by atoms with Crippen molar-refractivity contribution in [1.29, 1.82) is 0 Å². The van der Waals surface area contributed by atoms with Crippen LogP contribution in [0.4, 0.5) is 0 Å². The van der Waals surface area contributed by atoms with Crippen molar-refractivity contribution in [3.8, 4) is 0 Å². The Morgan fingerprint density at radius 1 is 0.742 bits per heavy atom. The van der Waals surface area contributed by atoms with Crippen molar-refractivity contribution >= 4 is 0 Å². The molecular formula is C30H50O. The number of hydrogen-bond donors (Lipinski definition) is 1. The molecule has 5 saturated carbocycles. The second-order valence-corrected chi connectivity index (χ2v) is 14.7. The van der Waals surface area contributed by atoms with E-state index in [1.165, 1.54) is 63.4 Å². The predicted molar refractivity (Wildman–Crippen MR) is 131 cm³/mol. The molecule has 0 amide bonds. The average molecular weight is 427 g/mol. The normalized spacial score (nSPS) is 57.9. The largest absolute Gasteiger partial charge is 0.393 e. The number of allylic oxidation sites excluding steroid dienone is 1. The van der Waals surface area contributed by atoms with Gasteiger partial charge in [0.2, 0.25) is 0 Å². The lowest BCUT2D eigenvalue weighted by Crippen LogP contribution is -2.66. The molecule has 0 aromatic carbocycles. The summed E-state index contributed by atoms with van der Waals surface area (Å²) in [6, 6.07) is 0. The van der Waals surface area contributed by atoms with Gasteiger partial charge in [0.15, 0.2) is 0 Å². The molecule has 0 bridgehead atoms. The van der Waals surface area contributed by atoms with E-state index in [9.17, 15) is 5.11 Å². The SMILES string of the molecule is C=C(C)[C@@H]1CC[C@]2(C)CC[C@]3(C)[C@@H](CC[C@@H]4[C@@]5(C)CC[C@@H](O)C(C)(C)[C@H]5CC[C@]43C)[C@@H]12. The fourth-order valence-corrected chi connectivity index (χ4v) is 11.5. The van der Waals surface area contributed by atoms with Crippen LogP contribution in [0.2, 0.25) is 0 Å². The Labute approximate surface area is 192 Å². The highest BCUT2D eigenvalue weighted by molar-refractivity contribution is 5.21. The second kappa shape index (κ2) is 6.64. The van der Waals surface area contributed by atoms with Gasteiger partial charge in [-0.05, 0) is 128 Å². The van der Waals surface area contributed by atoms with Gasteiger partial charge in [-0.1, -0.05) is 53.7 Å². The van der Waals surface area contributed by atoms with Crippen LogP contribution in [-0.4, -0.2) is 11.2 Å². The summed E-state index contributed by atoms with van der Waals surface area (Å²) in [4.78, 5) is 0. The van der Waals surface area contributed by atoms with Crippen LogP contribution in [0.3, 0.4) is 0 Å². The molecular weight excluding hydrogens is 376 g/mol. The first-order valence-electron chi connectivity index (χ1n) is 13.6. The Balaban J connectivity index is 1.54. The minimum absolute atomic E-state index is 0.0632. The minimum atomic E-state index is -0.118. The maximum absolute atomic E-state index is 10.9. The van der Waals surface area contributed by atoms with Gasteiger partial charge >= 0.3 is 0 Å². The van der Waals surface area contributed by atoms with Crippen LogP contribution in [0.15, 0.2) is 12.2 Å². The Morgan fingerprint density at radius 3 is 2.13 bits per heavy atom. The van der Waals surface area contributed by atoms with Crippen molar-refractivity contribution in [2.24, 2.45) is 56.7 Å². The number of aliphatic hydroxyl groups is 1.